The van der Waals surface area contributed by atoms with Crippen molar-refractivity contribution in [2.75, 3.05) is 19.6 Å². The Bertz CT molecular complexity index is 522. The largest absolute Gasteiger partial charge is 0.294 e. The molecule has 0 spiro atoms. The van der Waals surface area contributed by atoms with Crippen LogP contribution >= 0.6 is 0 Å². The predicted molar refractivity (Wildman–Crippen MR) is 79.1 cm³/mol. The minimum Gasteiger partial charge on any atom is -0.294 e. The Morgan fingerprint density at radius 3 is 2.57 bits per heavy atom. The summed E-state index contributed by atoms with van der Waals surface area (Å²) in [4.78, 5) is 23.9. The van der Waals surface area contributed by atoms with E-state index in [0.29, 0.717) is 12.1 Å². The molecule has 0 atom stereocenters. The molecule has 1 aliphatic heterocycles. The number of nitro benzene ring substituents is 1. The first-order chi connectivity index (χ1) is 10.1. The van der Waals surface area contributed by atoms with Gasteiger partial charge in [0.25, 0.3) is 11.6 Å². The van der Waals surface area contributed by atoms with Gasteiger partial charge >= 0.3 is 0 Å². The lowest BCUT2D eigenvalue weighted by Gasteiger charge is -2.25. The van der Waals surface area contributed by atoms with Crippen molar-refractivity contribution in [1.29, 1.82) is 0 Å². The molecule has 1 aliphatic rings. The van der Waals surface area contributed by atoms with E-state index in [1.807, 2.05) is 0 Å². The number of nitrogens with one attached hydrogen (secondary N) is 1. The number of carbonyl (C=O) groups excluding carboxylic acids is 1. The SMILES string of the molecule is O=C(CN1CCCCC1)N/N=C\c1ccc([N+](=O)[O-])cc1. The van der Waals surface area contributed by atoms with Gasteiger partial charge in [0.2, 0.25) is 0 Å². The van der Waals surface area contributed by atoms with E-state index in [9.17, 15) is 14.9 Å². The van der Waals surface area contributed by atoms with Crippen molar-refractivity contribution in [3.63, 3.8) is 0 Å². The Hall–Kier alpha value is -2.28. The zero-order valence-electron chi connectivity index (χ0n) is 11.7. The molecule has 7 heteroatoms. The molecule has 0 radical (unpaired) electrons. The Kier molecular flexibility index (Phi) is 5.39. The molecule has 0 unspecified atom stereocenters. The molecule has 0 bridgehead atoms. The molecular weight excluding hydrogens is 272 g/mol. The Balaban J connectivity index is 1.78. The summed E-state index contributed by atoms with van der Waals surface area (Å²) in [5.74, 6) is -0.143. The summed E-state index contributed by atoms with van der Waals surface area (Å²) >= 11 is 0. The molecular formula is C14H18N4O3. The van der Waals surface area contributed by atoms with Crippen LogP contribution in [-0.2, 0) is 4.79 Å². The number of benzene rings is 1. The van der Waals surface area contributed by atoms with E-state index in [2.05, 4.69) is 15.4 Å². The van der Waals surface area contributed by atoms with E-state index in [1.54, 1.807) is 12.1 Å². The van der Waals surface area contributed by atoms with Gasteiger partial charge in [-0.05, 0) is 43.6 Å². The first kappa shape index (κ1) is 15.1. The fraction of sp³-hybridized carbons (Fsp3) is 0.429. The minimum atomic E-state index is -0.457. The van der Waals surface area contributed by atoms with Crippen LogP contribution in [0.5, 0.6) is 0 Å². The van der Waals surface area contributed by atoms with Crippen molar-refractivity contribution >= 4 is 17.8 Å². The summed E-state index contributed by atoms with van der Waals surface area (Å²) in [6.45, 7) is 2.27. The molecule has 2 rings (SSSR count). The van der Waals surface area contributed by atoms with Gasteiger partial charge in [-0.2, -0.15) is 5.10 Å². The van der Waals surface area contributed by atoms with E-state index < -0.39 is 4.92 Å². The molecule has 0 aromatic heterocycles. The van der Waals surface area contributed by atoms with Gasteiger partial charge in [0.05, 0.1) is 17.7 Å². The number of nitrogens with zero attached hydrogens (tertiary/aromatic N) is 3. The zero-order valence-corrected chi connectivity index (χ0v) is 11.7. The van der Waals surface area contributed by atoms with Crippen LogP contribution in [0.4, 0.5) is 5.69 Å². The maximum Gasteiger partial charge on any atom is 0.269 e. The Morgan fingerprint density at radius 1 is 1.29 bits per heavy atom. The smallest absolute Gasteiger partial charge is 0.269 e. The Labute approximate surface area is 122 Å². The summed E-state index contributed by atoms with van der Waals surface area (Å²) in [6, 6.07) is 5.96. The molecule has 1 N–H and O–H groups in total. The molecule has 1 aromatic rings. The maximum absolute atomic E-state index is 11.7. The molecule has 1 fully saturated rings. The number of hydrogen-bond donors (Lipinski definition) is 1. The molecule has 0 saturated carbocycles. The fourth-order valence-corrected chi connectivity index (χ4v) is 2.22. The highest BCUT2D eigenvalue weighted by atomic mass is 16.6. The number of nitro groups is 1. The second kappa shape index (κ2) is 7.49. The summed E-state index contributed by atoms with van der Waals surface area (Å²) in [7, 11) is 0. The molecule has 1 aromatic carbocycles. The quantitative estimate of drug-likeness (QED) is 0.506. The average Bonchev–Trinajstić information content (AvgIpc) is 2.49. The van der Waals surface area contributed by atoms with E-state index in [1.165, 1.54) is 24.8 Å². The van der Waals surface area contributed by atoms with E-state index in [-0.39, 0.29) is 11.6 Å². The number of rotatable bonds is 5. The number of carbonyl (C=O) groups is 1. The molecule has 1 amide bonds. The van der Waals surface area contributed by atoms with E-state index in [0.717, 1.165) is 25.9 Å². The van der Waals surface area contributed by atoms with Gasteiger partial charge in [0.15, 0.2) is 0 Å². The lowest BCUT2D eigenvalue weighted by Crippen LogP contribution is -2.38. The number of piperidine rings is 1. The van der Waals surface area contributed by atoms with Crippen LogP contribution in [0.2, 0.25) is 0 Å². The highest BCUT2D eigenvalue weighted by Gasteiger charge is 2.13. The number of non-ortho nitro benzene ring substituents is 1. The second-order valence-electron chi connectivity index (χ2n) is 4.98. The zero-order chi connectivity index (χ0) is 15.1. The summed E-state index contributed by atoms with van der Waals surface area (Å²) < 4.78 is 0. The molecule has 7 nitrogen and oxygen atoms in total. The normalized spacial score (nSPS) is 16.0. The fourth-order valence-electron chi connectivity index (χ4n) is 2.22. The Morgan fingerprint density at radius 2 is 1.95 bits per heavy atom. The van der Waals surface area contributed by atoms with Gasteiger partial charge in [-0.15, -0.1) is 0 Å². The van der Waals surface area contributed by atoms with Crippen molar-refractivity contribution in [1.82, 2.24) is 10.3 Å². The van der Waals surface area contributed by atoms with Crippen molar-refractivity contribution in [2.45, 2.75) is 19.3 Å². The molecule has 1 saturated heterocycles. The standard InChI is InChI=1S/C14H18N4O3/c19-14(11-17-8-2-1-3-9-17)16-15-10-12-4-6-13(7-5-12)18(20)21/h4-7,10H,1-3,8-9,11H2,(H,16,19)/b15-10-. The number of hydrogen-bond acceptors (Lipinski definition) is 5. The average molecular weight is 290 g/mol. The van der Waals surface area contributed by atoms with Gasteiger partial charge < -0.3 is 0 Å². The first-order valence-electron chi connectivity index (χ1n) is 6.94. The summed E-state index contributed by atoms with van der Waals surface area (Å²) in [5.41, 5.74) is 3.19. The van der Waals surface area contributed by atoms with Crippen LogP contribution < -0.4 is 5.43 Å². The first-order valence-corrected chi connectivity index (χ1v) is 6.94. The van der Waals surface area contributed by atoms with Crippen molar-refractivity contribution in [3.8, 4) is 0 Å². The van der Waals surface area contributed by atoms with Gasteiger partial charge in [0.1, 0.15) is 0 Å². The van der Waals surface area contributed by atoms with Crippen molar-refractivity contribution in [3.05, 3.63) is 39.9 Å². The highest BCUT2D eigenvalue weighted by Crippen LogP contribution is 2.10. The van der Waals surface area contributed by atoms with Crippen LogP contribution in [0.3, 0.4) is 0 Å². The van der Waals surface area contributed by atoms with Crippen LogP contribution in [-0.4, -0.2) is 41.6 Å². The second-order valence-corrected chi connectivity index (χ2v) is 4.98. The minimum absolute atomic E-state index is 0.0290. The molecule has 21 heavy (non-hydrogen) atoms. The summed E-state index contributed by atoms with van der Waals surface area (Å²) in [5, 5.41) is 14.4. The van der Waals surface area contributed by atoms with Crippen molar-refractivity contribution < 1.29 is 9.72 Å². The number of likely N-dealkylation sites (tertiary alicyclic amines) is 1. The highest BCUT2D eigenvalue weighted by molar-refractivity contribution is 5.83. The van der Waals surface area contributed by atoms with E-state index >= 15 is 0 Å². The number of hydrazone groups is 1. The van der Waals surface area contributed by atoms with Gasteiger partial charge in [-0.3, -0.25) is 19.8 Å². The van der Waals surface area contributed by atoms with Gasteiger partial charge in [-0.1, -0.05) is 6.42 Å². The van der Waals surface area contributed by atoms with Crippen molar-refractivity contribution in [2.24, 2.45) is 5.10 Å². The van der Waals surface area contributed by atoms with Crippen LogP contribution in [0, 0.1) is 10.1 Å². The van der Waals surface area contributed by atoms with Crippen LogP contribution in [0.15, 0.2) is 29.4 Å². The third kappa shape index (κ3) is 4.96. The number of amides is 1. The predicted octanol–water partition coefficient (Wildman–Crippen LogP) is 1.53. The molecule has 112 valence electrons. The monoisotopic (exact) mass is 290 g/mol. The van der Waals surface area contributed by atoms with Gasteiger partial charge in [0, 0.05) is 12.1 Å². The van der Waals surface area contributed by atoms with E-state index in [4.69, 9.17) is 0 Å². The van der Waals surface area contributed by atoms with Crippen LogP contribution in [0.1, 0.15) is 24.8 Å². The lowest BCUT2D eigenvalue weighted by molar-refractivity contribution is -0.384. The molecule has 1 heterocycles. The molecule has 0 aliphatic carbocycles. The maximum atomic E-state index is 11.7. The lowest BCUT2D eigenvalue weighted by atomic mass is 10.1. The third-order valence-electron chi connectivity index (χ3n) is 3.32. The topological polar surface area (TPSA) is 87.8 Å². The van der Waals surface area contributed by atoms with Crippen LogP contribution in [0.25, 0.3) is 0 Å². The van der Waals surface area contributed by atoms with Gasteiger partial charge in [-0.25, -0.2) is 5.43 Å². The third-order valence-corrected chi connectivity index (χ3v) is 3.32. The summed E-state index contributed by atoms with van der Waals surface area (Å²) in [6.07, 6.45) is 4.98.